The SMILES string of the molecule is COc1ccc(-c2cc(C)c([N+](=O)[O-])cc2C#N)cc1OC. The first-order valence-electron chi connectivity index (χ1n) is 6.43. The van der Waals surface area contributed by atoms with E-state index in [2.05, 4.69) is 0 Å². The standard InChI is InChI=1S/C16H14N2O4/c1-10-6-13(12(9-17)7-14(10)18(19)20)11-4-5-15(21-2)16(8-11)22-3/h4-8H,1-3H3. The molecule has 0 N–H and O–H groups in total. The number of methoxy groups -OCH3 is 2. The zero-order valence-electron chi connectivity index (χ0n) is 12.4. The molecule has 0 heterocycles. The van der Waals surface area contributed by atoms with Gasteiger partial charge in [0, 0.05) is 17.2 Å². The first-order chi connectivity index (χ1) is 10.5. The Morgan fingerprint density at radius 2 is 1.82 bits per heavy atom. The zero-order chi connectivity index (χ0) is 16.3. The number of rotatable bonds is 4. The van der Waals surface area contributed by atoms with E-state index in [4.69, 9.17) is 9.47 Å². The van der Waals surface area contributed by atoms with Crippen LogP contribution in [0.2, 0.25) is 0 Å². The van der Waals surface area contributed by atoms with Crippen LogP contribution >= 0.6 is 0 Å². The highest BCUT2D eigenvalue weighted by atomic mass is 16.6. The molecule has 2 aromatic rings. The van der Waals surface area contributed by atoms with Gasteiger partial charge in [0.15, 0.2) is 11.5 Å². The van der Waals surface area contributed by atoms with Gasteiger partial charge in [-0.15, -0.1) is 0 Å². The van der Waals surface area contributed by atoms with Crippen LogP contribution in [0.3, 0.4) is 0 Å². The quantitative estimate of drug-likeness (QED) is 0.637. The van der Waals surface area contributed by atoms with E-state index in [1.165, 1.54) is 20.3 Å². The molecule has 0 aliphatic heterocycles. The van der Waals surface area contributed by atoms with Crippen LogP contribution in [0.25, 0.3) is 11.1 Å². The molecule has 0 aliphatic rings. The van der Waals surface area contributed by atoms with Gasteiger partial charge < -0.3 is 9.47 Å². The predicted octanol–water partition coefficient (Wildman–Crippen LogP) is 3.46. The largest absolute Gasteiger partial charge is 0.493 e. The minimum absolute atomic E-state index is 0.0687. The van der Waals surface area contributed by atoms with Gasteiger partial charge >= 0.3 is 0 Å². The lowest BCUT2D eigenvalue weighted by molar-refractivity contribution is -0.385. The summed E-state index contributed by atoms with van der Waals surface area (Å²) in [4.78, 5) is 10.5. The molecule has 22 heavy (non-hydrogen) atoms. The lowest BCUT2D eigenvalue weighted by Gasteiger charge is -2.11. The summed E-state index contributed by atoms with van der Waals surface area (Å²) in [6.07, 6.45) is 0. The lowest BCUT2D eigenvalue weighted by atomic mass is 9.96. The van der Waals surface area contributed by atoms with E-state index >= 15 is 0 Å². The molecule has 0 amide bonds. The smallest absolute Gasteiger partial charge is 0.273 e. The summed E-state index contributed by atoms with van der Waals surface area (Å²) in [5.74, 6) is 1.10. The van der Waals surface area contributed by atoms with E-state index in [1.807, 2.05) is 6.07 Å². The molecule has 0 bridgehead atoms. The minimum Gasteiger partial charge on any atom is -0.493 e. The van der Waals surface area contributed by atoms with E-state index in [0.29, 0.717) is 22.6 Å². The van der Waals surface area contributed by atoms with E-state index < -0.39 is 4.92 Å². The highest BCUT2D eigenvalue weighted by molar-refractivity contribution is 5.75. The van der Waals surface area contributed by atoms with Crippen molar-refractivity contribution >= 4 is 5.69 Å². The third-order valence-corrected chi connectivity index (χ3v) is 3.35. The summed E-state index contributed by atoms with van der Waals surface area (Å²) in [6, 6.07) is 10.2. The molecule has 6 heteroatoms. The van der Waals surface area contributed by atoms with Crippen molar-refractivity contribution in [3.05, 3.63) is 51.6 Å². The van der Waals surface area contributed by atoms with Crippen LogP contribution < -0.4 is 9.47 Å². The number of benzene rings is 2. The lowest BCUT2D eigenvalue weighted by Crippen LogP contribution is -1.96. The van der Waals surface area contributed by atoms with E-state index in [9.17, 15) is 15.4 Å². The molecule has 0 aliphatic carbocycles. The second-order valence-corrected chi connectivity index (χ2v) is 4.62. The van der Waals surface area contributed by atoms with Gasteiger partial charge in [0.25, 0.3) is 5.69 Å². The molecule has 0 fully saturated rings. The van der Waals surface area contributed by atoms with Crippen LogP contribution in [-0.4, -0.2) is 19.1 Å². The van der Waals surface area contributed by atoms with Gasteiger partial charge in [-0.2, -0.15) is 5.26 Å². The number of nitro benzene ring substituents is 1. The summed E-state index contributed by atoms with van der Waals surface area (Å²) in [5, 5.41) is 20.3. The van der Waals surface area contributed by atoms with Crippen molar-refractivity contribution in [1.82, 2.24) is 0 Å². The van der Waals surface area contributed by atoms with Gasteiger partial charge in [-0.1, -0.05) is 6.07 Å². The second kappa shape index (κ2) is 6.14. The van der Waals surface area contributed by atoms with Crippen molar-refractivity contribution in [2.45, 2.75) is 6.92 Å². The normalized spacial score (nSPS) is 9.91. The van der Waals surface area contributed by atoms with Gasteiger partial charge in [0.1, 0.15) is 6.07 Å². The third kappa shape index (κ3) is 2.69. The van der Waals surface area contributed by atoms with Crippen LogP contribution in [0.5, 0.6) is 11.5 Å². The van der Waals surface area contributed by atoms with Crippen molar-refractivity contribution in [3.8, 4) is 28.7 Å². The molecule has 112 valence electrons. The maximum atomic E-state index is 11.0. The van der Waals surface area contributed by atoms with Gasteiger partial charge in [0.2, 0.25) is 0 Å². The van der Waals surface area contributed by atoms with E-state index in [1.54, 1.807) is 31.2 Å². The maximum absolute atomic E-state index is 11.0. The molecule has 0 radical (unpaired) electrons. The second-order valence-electron chi connectivity index (χ2n) is 4.62. The Labute approximate surface area is 127 Å². The zero-order valence-corrected chi connectivity index (χ0v) is 12.4. The Balaban J connectivity index is 2.65. The number of aryl methyl sites for hydroxylation is 1. The average Bonchev–Trinajstić information content (AvgIpc) is 2.53. The van der Waals surface area contributed by atoms with Gasteiger partial charge in [-0.25, -0.2) is 0 Å². The molecule has 0 atom stereocenters. The molecular formula is C16H14N2O4. The Morgan fingerprint density at radius 3 is 2.36 bits per heavy atom. The van der Waals surface area contributed by atoms with Crippen molar-refractivity contribution < 1.29 is 14.4 Å². The average molecular weight is 298 g/mol. The number of nitriles is 1. The highest BCUT2D eigenvalue weighted by Gasteiger charge is 2.17. The number of hydrogen-bond acceptors (Lipinski definition) is 5. The van der Waals surface area contributed by atoms with Gasteiger partial charge in [-0.3, -0.25) is 10.1 Å². The highest BCUT2D eigenvalue weighted by Crippen LogP contribution is 2.35. The van der Waals surface area contributed by atoms with Crippen molar-refractivity contribution in [3.63, 3.8) is 0 Å². The Kier molecular flexibility index (Phi) is 4.28. The molecule has 2 rings (SSSR count). The first kappa shape index (κ1) is 15.3. The maximum Gasteiger partial charge on any atom is 0.273 e. The van der Waals surface area contributed by atoms with Crippen LogP contribution in [-0.2, 0) is 0 Å². The van der Waals surface area contributed by atoms with Crippen LogP contribution in [0.15, 0.2) is 30.3 Å². The van der Waals surface area contributed by atoms with Crippen LogP contribution in [0.1, 0.15) is 11.1 Å². The monoisotopic (exact) mass is 298 g/mol. The third-order valence-electron chi connectivity index (χ3n) is 3.35. The molecule has 6 nitrogen and oxygen atoms in total. The summed E-state index contributed by atoms with van der Waals surface area (Å²) >= 11 is 0. The molecule has 2 aromatic carbocycles. The number of nitrogens with zero attached hydrogens (tertiary/aromatic N) is 2. The van der Waals surface area contributed by atoms with Crippen molar-refractivity contribution in [2.24, 2.45) is 0 Å². The Bertz CT molecular complexity index is 778. The van der Waals surface area contributed by atoms with Crippen molar-refractivity contribution in [1.29, 1.82) is 5.26 Å². The first-order valence-corrected chi connectivity index (χ1v) is 6.43. The Hall–Kier alpha value is -3.07. The number of hydrogen-bond donors (Lipinski definition) is 0. The number of ether oxygens (including phenoxy) is 2. The molecule has 0 unspecified atom stereocenters. The van der Waals surface area contributed by atoms with Crippen molar-refractivity contribution in [2.75, 3.05) is 14.2 Å². The van der Waals surface area contributed by atoms with Gasteiger partial charge in [-0.05, 0) is 30.7 Å². The summed E-state index contributed by atoms with van der Waals surface area (Å²) in [6.45, 7) is 1.64. The number of nitro groups is 1. The van der Waals surface area contributed by atoms with E-state index in [-0.39, 0.29) is 11.3 Å². The topological polar surface area (TPSA) is 85.4 Å². The predicted molar refractivity (Wildman–Crippen MR) is 81.1 cm³/mol. The fraction of sp³-hybridized carbons (Fsp3) is 0.188. The van der Waals surface area contributed by atoms with Crippen LogP contribution in [0.4, 0.5) is 5.69 Å². The fourth-order valence-corrected chi connectivity index (χ4v) is 2.23. The van der Waals surface area contributed by atoms with Gasteiger partial charge in [0.05, 0.1) is 24.7 Å². The molecule has 0 spiro atoms. The summed E-state index contributed by atoms with van der Waals surface area (Å²) in [5.41, 5.74) is 2.01. The molecule has 0 saturated heterocycles. The molecule has 0 aromatic heterocycles. The van der Waals surface area contributed by atoms with Crippen LogP contribution in [0, 0.1) is 28.4 Å². The Morgan fingerprint density at radius 1 is 1.14 bits per heavy atom. The fourth-order valence-electron chi connectivity index (χ4n) is 2.23. The summed E-state index contributed by atoms with van der Waals surface area (Å²) < 4.78 is 10.4. The minimum atomic E-state index is -0.492. The summed E-state index contributed by atoms with van der Waals surface area (Å²) in [7, 11) is 3.06. The molecule has 0 saturated carbocycles. The molecular weight excluding hydrogens is 284 g/mol. The van der Waals surface area contributed by atoms with E-state index in [0.717, 1.165) is 5.56 Å².